The van der Waals surface area contributed by atoms with Gasteiger partial charge < -0.3 is 10.6 Å². The van der Waals surface area contributed by atoms with E-state index in [4.69, 9.17) is 0 Å². The summed E-state index contributed by atoms with van der Waals surface area (Å²) in [6, 6.07) is 1.70. The molecule has 0 aromatic carbocycles. The molecule has 102 valence electrons. The molecular formula is C10H15F3N4O. The van der Waals surface area contributed by atoms with Gasteiger partial charge in [-0.2, -0.15) is 18.3 Å². The van der Waals surface area contributed by atoms with Crippen LogP contribution in [-0.4, -0.2) is 41.0 Å². The molecule has 1 heterocycles. The number of amides is 1. The zero-order valence-corrected chi connectivity index (χ0v) is 9.87. The Labute approximate surface area is 102 Å². The monoisotopic (exact) mass is 264 g/mol. The Bertz CT molecular complexity index is 364. The van der Waals surface area contributed by atoms with Crippen LogP contribution in [0.4, 0.5) is 13.2 Å². The molecule has 1 amide bonds. The third-order valence-corrected chi connectivity index (χ3v) is 2.12. The van der Waals surface area contributed by atoms with Gasteiger partial charge in [-0.15, -0.1) is 0 Å². The predicted molar refractivity (Wildman–Crippen MR) is 58.8 cm³/mol. The number of carbonyl (C=O) groups is 1. The summed E-state index contributed by atoms with van der Waals surface area (Å²) in [6.07, 6.45) is -0.985. The molecule has 18 heavy (non-hydrogen) atoms. The maximum Gasteiger partial charge on any atom is 0.405 e. The number of nitrogens with zero attached hydrogens (tertiary/aromatic N) is 2. The van der Waals surface area contributed by atoms with Crippen LogP contribution in [0.5, 0.6) is 0 Å². The van der Waals surface area contributed by atoms with Gasteiger partial charge in [-0.3, -0.25) is 9.48 Å². The topological polar surface area (TPSA) is 59.0 Å². The Morgan fingerprint density at radius 3 is 2.78 bits per heavy atom. The van der Waals surface area contributed by atoms with E-state index < -0.39 is 18.6 Å². The molecule has 1 atom stereocenters. The van der Waals surface area contributed by atoms with Crippen LogP contribution < -0.4 is 10.6 Å². The van der Waals surface area contributed by atoms with Crippen molar-refractivity contribution < 1.29 is 18.0 Å². The second-order valence-corrected chi connectivity index (χ2v) is 3.90. The summed E-state index contributed by atoms with van der Waals surface area (Å²) < 4.78 is 37.1. The molecule has 0 bridgehead atoms. The molecule has 0 radical (unpaired) electrons. The molecule has 1 aromatic rings. The molecule has 1 rings (SSSR count). The van der Waals surface area contributed by atoms with Gasteiger partial charge in [-0.1, -0.05) is 0 Å². The molecule has 1 aromatic heterocycles. The van der Waals surface area contributed by atoms with Gasteiger partial charge in [0.05, 0.1) is 13.1 Å². The van der Waals surface area contributed by atoms with Crippen molar-refractivity contribution in [3.05, 3.63) is 18.5 Å². The molecule has 0 fully saturated rings. The zero-order valence-electron chi connectivity index (χ0n) is 9.87. The summed E-state index contributed by atoms with van der Waals surface area (Å²) in [5, 5.41) is 8.58. The summed E-state index contributed by atoms with van der Waals surface area (Å²) in [7, 11) is 0. The first kappa shape index (κ1) is 14.5. The molecule has 0 spiro atoms. The smallest absolute Gasteiger partial charge is 0.346 e. The number of nitrogens with one attached hydrogen (secondary N) is 2. The van der Waals surface area contributed by atoms with E-state index in [-0.39, 0.29) is 12.6 Å². The van der Waals surface area contributed by atoms with Crippen LogP contribution in [0.15, 0.2) is 18.5 Å². The number of rotatable bonds is 6. The van der Waals surface area contributed by atoms with E-state index in [9.17, 15) is 18.0 Å². The SMILES string of the molecule is C[C@@H](Cn1cccn1)NCC(=O)NCC(F)(F)F. The van der Waals surface area contributed by atoms with Crippen molar-refractivity contribution in [3.8, 4) is 0 Å². The first-order valence-electron chi connectivity index (χ1n) is 5.41. The minimum absolute atomic E-state index is 0.0680. The van der Waals surface area contributed by atoms with Crippen LogP contribution in [0.2, 0.25) is 0 Å². The summed E-state index contributed by atoms with van der Waals surface area (Å²) >= 11 is 0. The lowest BCUT2D eigenvalue weighted by atomic mass is 10.3. The number of carbonyl (C=O) groups excluding carboxylic acids is 1. The normalized spacial score (nSPS) is 13.3. The highest BCUT2D eigenvalue weighted by atomic mass is 19.4. The Balaban J connectivity index is 2.18. The van der Waals surface area contributed by atoms with Gasteiger partial charge in [0.25, 0.3) is 0 Å². The minimum Gasteiger partial charge on any atom is -0.346 e. The van der Waals surface area contributed by atoms with E-state index in [1.807, 2.05) is 6.92 Å². The van der Waals surface area contributed by atoms with Crippen molar-refractivity contribution in [2.75, 3.05) is 13.1 Å². The highest BCUT2D eigenvalue weighted by Gasteiger charge is 2.27. The number of hydrogen-bond donors (Lipinski definition) is 2. The Hall–Kier alpha value is -1.57. The van der Waals surface area contributed by atoms with Gasteiger partial charge in [0.1, 0.15) is 6.54 Å². The Morgan fingerprint density at radius 1 is 1.50 bits per heavy atom. The van der Waals surface area contributed by atoms with E-state index in [1.165, 1.54) is 0 Å². The van der Waals surface area contributed by atoms with Crippen molar-refractivity contribution in [2.24, 2.45) is 0 Å². The summed E-state index contributed by atoms with van der Waals surface area (Å²) in [6.45, 7) is 0.901. The third kappa shape index (κ3) is 6.24. The average Bonchev–Trinajstić information content (AvgIpc) is 2.75. The average molecular weight is 264 g/mol. The van der Waals surface area contributed by atoms with E-state index in [0.29, 0.717) is 6.54 Å². The third-order valence-electron chi connectivity index (χ3n) is 2.12. The van der Waals surface area contributed by atoms with Crippen LogP contribution in [0.3, 0.4) is 0 Å². The minimum atomic E-state index is -4.38. The number of halogens is 3. The molecule has 0 aliphatic carbocycles. The fraction of sp³-hybridized carbons (Fsp3) is 0.600. The standard InChI is InChI=1S/C10H15F3N4O/c1-8(6-17-4-2-3-16-17)14-5-9(18)15-7-10(11,12)13/h2-4,8,14H,5-7H2,1H3,(H,15,18)/t8-/m0/s1. The Kier molecular flexibility index (Phi) is 5.14. The Morgan fingerprint density at radius 2 is 2.22 bits per heavy atom. The van der Waals surface area contributed by atoms with Crippen LogP contribution in [0, 0.1) is 0 Å². The lowest BCUT2D eigenvalue weighted by molar-refractivity contribution is -0.137. The zero-order chi connectivity index (χ0) is 13.6. The van der Waals surface area contributed by atoms with Gasteiger partial charge in [-0.25, -0.2) is 0 Å². The maximum atomic E-state index is 11.8. The molecule has 0 aliphatic rings. The molecule has 8 heteroatoms. The highest BCUT2D eigenvalue weighted by Crippen LogP contribution is 2.11. The predicted octanol–water partition coefficient (Wildman–Crippen LogP) is 0.540. The second kappa shape index (κ2) is 6.39. The van der Waals surface area contributed by atoms with Crippen LogP contribution in [0.1, 0.15) is 6.92 Å². The molecule has 0 unspecified atom stereocenters. The second-order valence-electron chi connectivity index (χ2n) is 3.90. The van der Waals surface area contributed by atoms with E-state index in [2.05, 4.69) is 10.4 Å². The fourth-order valence-corrected chi connectivity index (χ4v) is 1.28. The lowest BCUT2D eigenvalue weighted by Crippen LogP contribution is -2.42. The highest BCUT2D eigenvalue weighted by molar-refractivity contribution is 5.78. The quantitative estimate of drug-likeness (QED) is 0.788. The van der Waals surface area contributed by atoms with Crippen molar-refractivity contribution in [3.63, 3.8) is 0 Å². The maximum absolute atomic E-state index is 11.8. The molecule has 0 saturated heterocycles. The summed E-state index contributed by atoms with van der Waals surface area (Å²) in [5.74, 6) is -0.681. The molecule has 5 nitrogen and oxygen atoms in total. The van der Waals surface area contributed by atoms with E-state index in [0.717, 1.165) is 0 Å². The lowest BCUT2D eigenvalue weighted by Gasteiger charge is -2.14. The molecular weight excluding hydrogens is 249 g/mol. The summed E-state index contributed by atoms with van der Waals surface area (Å²) in [4.78, 5) is 11.1. The van der Waals surface area contributed by atoms with E-state index >= 15 is 0 Å². The van der Waals surface area contributed by atoms with Crippen LogP contribution >= 0.6 is 0 Å². The number of aromatic nitrogens is 2. The van der Waals surface area contributed by atoms with Crippen molar-refractivity contribution in [1.82, 2.24) is 20.4 Å². The number of alkyl halides is 3. The first-order chi connectivity index (χ1) is 8.37. The molecule has 0 saturated carbocycles. The van der Waals surface area contributed by atoms with Crippen LogP contribution in [0.25, 0.3) is 0 Å². The van der Waals surface area contributed by atoms with Crippen LogP contribution in [-0.2, 0) is 11.3 Å². The van der Waals surface area contributed by atoms with Gasteiger partial charge in [0.15, 0.2) is 0 Å². The van der Waals surface area contributed by atoms with Gasteiger partial charge in [-0.05, 0) is 13.0 Å². The van der Waals surface area contributed by atoms with Crippen molar-refractivity contribution >= 4 is 5.91 Å². The fourth-order valence-electron chi connectivity index (χ4n) is 1.28. The largest absolute Gasteiger partial charge is 0.405 e. The van der Waals surface area contributed by atoms with Crippen molar-refractivity contribution in [2.45, 2.75) is 25.7 Å². The first-order valence-corrected chi connectivity index (χ1v) is 5.41. The van der Waals surface area contributed by atoms with Gasteiger partial charge in [0, 0.05) is 18.4 Å². The molecule has 0 aliphatic heterocycles. The number of hydrogen-bond acceptors (Lipinski definition) is 3. The molecule has 2 N–H and O–H groups in total. The van der Waals surface area contributed by atoms with E-state index in [1.54, 1.807) is 28.5 Å². The van der Waals surface area contributed by atoms with Gasteiger partial charge in [0.2, 0.25) is 5.91 Å². The summed E-state index contributed by atoms with van der Waals surface area (Å²) in [5.41, 5.74) is 0. The van der Waals surface area contributed by atoms with Crippen molar-refractivity contribution in [1.29, 1.82) is 0 Å². The van der Waals surface area contributed by atoms with Gasteiger partial charge >= 0.3 is 6.18 Å².